The van der Waals surface area contributed by atoms with Crippen LogP contribution in [0.4, 0.5) is 8.78 Å². The lowest BCUT2D eigenvalue weighted by atomic mass is 10.1. The number of halogens is 2. The molecule has 2 unspecified atom stereocenters. The molecule has 2 atom stereocenters. The summed E-state index contributed by atoms with van der Waals surface area (Å²) in [7, 11) is 0. The molecule has 0 aliphatic carbocycles. The van der Waals surface area contributed by atoms with Crippen molar-refractivity contribution >= 4 is 0 Å². The van der Waals surface area contributed by atoms with Gasteiger partial charge in [-0.1, -0.05) is 6.07 Å². The molecule has 2 rings (SSSR count). The van der Waals surface area contributed by atoms with E-state index in [2.05, 4.69) is 5.32 Å². The topological polar surface area (TPSA) is 25.2 Å². The van der Waals surface area contributed by atoms with Crippen molar-refractivity contribution in [1.29, 1.82) is 0 Å². The molecule has 18 heavy (non-hydrogen) atoms. The van der Waals surface area contributed by atoms with Crippen LogP contribution in [0.3, 0.4) is 0 Å². The van der Waals surface area contributed by atoms with Crippen LogP contribution in [0.5, 0.6) is 0 Å². The molecule has 0 saturated heterocycles. The predicted octanol–water partition coefficient (Wildman–Crippen LogP) is 3.97. The Morgan fingerprint density at radius 1 is 1.11 bits per heavy atom. The number of hydrogen-bond acceptors (Lipinski definition) is 2. The molecule has 1 aromatic heterocycles. The van der Waals surface area contributed by atoms with Crippen molar-refractivity contribution in [2.75, 3.05) is 0 Å². The third-order valence-electron chi connectivity index (χ3n) is 2.97. The van der Waals surface area contributed by atoms with E-state index in [0.717, 1.165) is 11.6 Å². The highest BCUT2D eigenvalue weighted by Crippen LogP contribution is 2.22. The fourth-order valence-corrected chi connectivity index (χ4v) is 1.94. The van der Waals surface area contributed by atoms with Gasteiger partial charge in [-0.2, -0.15) is 0 Å². The maximum absolute atomic E-state index is 13.6. The van der Waals surface area contributed by atoms with Gasteiger partial charge in [0.15, 0.2) is 0 Å². The molecule has 96 valence electrons. The first-order chi connectivity index (χ1) is 8.58. The molecular weight excluding hydrogens is 236 g/mol. The number of hydrogen-bond donors (Lipinski definition) is 1. The molecule has 0 bridgehead atoms. The molecule has 0 amide bonds. The second-order valence-corrected chi connectivity index (χ2v) is 4.33. The van der Waals surface area contributed by atoms with E-state index in [4.69, 9.17) is 4.42 Å². The van der Waals surface area contributed by atoms with E-state index in [0.29, 0.717) is 5.56 Å². The zero-order chi connectivity index (χ0) is 13.1. The van der Waals surface area contributed by atoms with Crippen LogP contribution >= 0.6 is 0 Å². The molecule has 1 aromatic carbocycles. The van der Waals surface area contributed by atoms with Crippen molar-refractivity contribution in [3.8, 4) is 0 Å². The van der Waals surface area contributed by atoms with Gasteiger partial charge in [0.05, 0.1) is 12.5 Å². The lowest BCUT2D eigenvalue weighted by Crippen LogP contribution is -2.23. The summed E-state index contributed by atoms with van der Waals surface area (Å²) in [6.07, 6.45) is 3.24. The highest BCUT2D eigenvalue weighted by molar-refractivity contribution is 5.22. The molecular formula is C14H15F2NO. The van der Waals surface area contributed by atoms with Gasteiger partial charge < -0.3 is 9.73 Å². The summed E-state index contributed by atoms with van der Waals surface area (Å²) in [4.78, 5) is 0. The van der Waals surface area contributed by atoms with Gasteiger partial charge in [0.25, 0.3) is 0 Å². The van der Waals surface area contributed by atoms with E-state index in [-0.39, 0.29) is 12.1 Å². The third kappa shape index (κ3) is 2.76. The molecule has 0 saturated carbocycles. The summed E-state index contributed by atoms with van der Waals surface area (Å²) in [6, 6.07) is 5.30. The zero-order valence-corrected chi connectivity index (χ0v) is 10.3. The first-order valence-electron chi connectivity index (χ1n) is 5.81. The summed E-state index contributed by atoms with van der Waals surface area (Å²) in [5.41, 5.74) is 1.44. The van der Waals surface area contributed by atoms with Crippen LogP contribution < -0.4 is 5.32 Å². The molecule has 4 heteroatoms. The molecule has 0 radical (unpaired) electrons. The summed E-state index contributed by atoms with van der Waals surface area (Å²) in [6.45, 7) is 3.80. The van der Waals surface area contributed by atoms with Crippen molar-refractivity contribution in [2.45, 2.75) is 25.9 Å². The van der Waals surface area contributed by atoms with E-state index < -0.39 is 11.6 Å². The Hall–Kier alpha value is -1.68. The third-order valence-corrected chi connectivity index (χ3v) is 2.97. The minimum atomic E-state index is -0.564. The highest BCUT2D eigenvalue weighted by Gasteiger charge is 2.15. The lowest BCUT2D eigenvalue weighted by molar-refractivity contribution is 0.465. The molecule has 0 aliphatic heterocycles. The number of nitrogens with one attached hydrogen (secondary N) is 1. The monoisotopic (exact) mass is 251 g/mol. The Balaban J connectivity index is 2.10. The largest absolute Gasteiger partial charge is 0.472 e. The minimum absolute atomic E-state index is 0.0307. The smallest absolute Gasteiger partial charge is 0.130 e. The molecule has 1 N–H and O–H groups in total. The van der Waals surface area contributed by atoms with E-state index in [1.807, 2.05) is 19.9 Å². The SMILES string of the molecule is CC(NC(C)c1ccc(F)cc1F)c1ccoc1. The maximum Gasteiger partial charge on any atom is 0.130 e. The molecule has 0 spiro atoms. The van der Waals surface area contributed by atoms with Gasteiger partial charge in [0, 0.05) is 29.3 Å². The summed E-state index contributed by atoms with van der Waals surface area (Å²) in [5.74, 6) is -1.10. The predicted molar refractivity (Wildman–Crippen MR) is 65.0 cm³/mol. The molecule has 2 aromatic rings. The molecule has 1 heterocycles. The molecule has 2 nitrogen and oxygen atoms in total. The Morgan fingerprint density at radius 3 is 2.50 bits per heavy atom. The van der Waals surface area contributed by atoms with Crippen LogP contribution in [0.2, 0.25) is 0 Å². The van der Waals surface area contributed by atoms with Gasteiger partial charge in [-0.05, 0) is 26.0 Å². The van der Waals surface area contributed by atoms with Gasteiger partial charge in [0.2, 0.25) is 0 Å². The van der Waals surface area contributed by atoms with Crippen LogP contribution in [0, 0.1) is 11.6 Å². The Bertz CT molecular complexity index is 511. The van der Waals surface area contributed by atoms with Crippen LogP contribution in [0.1, 0.15) is 37.1 Å². The Kier molecular flexibility index (Phi) is 3.77. The highest BCUT2D eigenvalue weighted by atomic mass is 19.1. The number of rotatable bonds is 4. The fourth-order valence-electron chi connectivity index (χ4n) is 1.94. The van der Waals surface area contributed by atoms with Crippen LogP contribution in [-0.2, 0) is 0 Å². The van der Waals surface area contributed by atoms with Crippen molar-refractivity contribution in [3.05, 3.63) is 59.6 Å². The van der Waals surface area contributed by atoms with E-state index >= 15 is 0 Å². The van der Waals surface area contributed by atoms with Crippen LogP contribution in [-0.4, -0.2) is 0 Å². The van der Waals surface area contributed by atoms with Gasteiger partial charge in [-0.25, -0.2) is 8.78 Å². The number of furan rings is 1. The average Bonchev–Trinajstić information content (AvgIpc) is 2.81. The summed E-state index contributed by atoms with van der Waals surface area (Å²) >= 11 is 0. The first kappa shape index (κ1) is 12.8. The Labute approximate surface area is 105 Å². The lowest BCUT2D eigenvalue weighted by Gasteiger charge is -2.20. The van der Waals surface area contributed by atoms with E-state index in [9.17, 15) is 8.78 Å². The van der Waals surface area contributed by atoms with Gasteiger partial charge in [-0.3, -0.25) is 0 Å². The van der Waals surface area contributed by atoms with Crippen molar-refractivity contribution in [3.63, 3.8) is 0 Å². The second kappa shape index (κ2) is 5.31. The summed E-state index contributed by atoms with van der Waals surface area (Å²) in [5, 5.41) is 3.24. The standard InChI is InChI=1S/C14H15F2NO/c1-9(11-5-6-18-8-11)17-10(2)13-4-3-12(15)7-14(13)16/h3-10,17H,1-2H3. The Morgan fingerprint density at radius 2 is 1.89 bits per heavy atom. The molecule has 0 fully saturated rings. The molecule has 0 aliphatic rings. The van der Waals surface area contributed by atoms with Crippen molar-refractivity contribution in [1.82, 2.24) is 5.32 Å². The quantitative estimate of drug-likeness (QED) is 0.889. The van der Waals surface area contributed by atoms with Gasteiger partial charge in [-0.15, -0.1) is 0 Å². The minimum Gasteiger partial charge on any atom is -0.472 e. The van der Waals surface area contributed by atoms with E-state index in [1.54, 1.807) is 12.5 Å². The first-order valence-corrected chi connectivity index (χ1v) is 5.81. The van der Waals surface area contributed by atoms with Crippen LogP contribution in [0.25, 0.3) is 0 Å². The average molecular weight is 251 g/mol. The normalized spacial score (nSPS) is 14.4. The fraction of sp³-hybridized carbons (Fsp3) is 0.286. The number of benzene rings is 1. The maximum atomic E-state index is 13.6. The van der Waals surface area contributed by atoms with Crippen LogP contribution in [0.15, 0.2) is 41.2 Å². The zero-order valence-electron chi connectivity index (χ0n) is 10.3. The second-order valence-electron chi connectivity index (χ2n) is 4.33. The summed E-state index contributed by atoms with van der Waals surface area (Å²) < 4.78 is 31.4. The van der Waals surface area contributed by atoms with Gasteiger partial charge in [0.1, 0.15) is 11.6 Å². The van der Waals surface area contributed by atoms with Crippen molar-refractivity contribution < 1.29 is 13.2 Å². The van der Waals surface area contributed by atoms with Gasteiger partial charge >= 0.3 is 0 Å². The van der Waals surface area contributed by atoms with Crippen molar-refractivity contribution in [2.24, 2.45) is 0 Å². The van der Waals surface area contributed by atoms with E-state index in [1.165, 1.54) is 12.1 Å².